The molecule has 0 atom stereocenters. The van der Waals surface area contributed by atoms with Crippen molar-refractivity contribution in [2.45, 2.75) is 6.92 Å². The molecule has 0 spiro atoms. The molecule has 0 N–H and O–H groups in total. The van der Waals surface area contributed by atoms with Gasteiger partial charge < -0.3 is 9.90 Å². The molecule has 0 aliphatic heterocycles. The Hall–Kier alpha value is -0.310. The van der Waals surface area contributed by atoms with E-state index < -0.39 is 5.97 Å². The van der Waals surface area contributed by atoms with Gasteiger partial charge in [-0.1, -0.05) is 18.2 Å². The Morgan fingerprint density at radius 3 is 2.33 bits per heavy atom. The van der Waals surface area contributed by atoms with Crippen molar-refractivity contribution in [3.63, 3.8) is 0 Å². The van der Waals surface area contributed by atoms with Gasteiger partial charge in [0.2, 0.25) is 0 Å². The quantitative estimate of drug-likeness (QED) is 0.368. The van der Waals surface area contributed by atoms with E-state index in [9.17, 15) is 9.90 Å². The number of allylic oxidation sites excluding steroid dienone is 3. The van der Waals surface area contributed by atoms with E-state index in [-0.39, 0.29) is 22.4 Å². The molecule has 9 heavy (non-hydrogen) atoms. The summed E-state index contributed by atoms with van der Waals surface area (Å²) in [6.07, 6.45) is 5.74. The number of aliphatic carboxylic acids is 1. The second kappa shape index (κ2) is 7.69. The zero-order valence-corrected chi connectivity index (χ0v) is 6.41. The number of hydrogen-bond acceptors (Lipinski definition) is 2. The molecule has 0 aliphatic carbocycles. The van der Waals surface area contributed by atoms with Gasteiger partial charge in [-0.15, -0.1) is 0 Å². The van der Waals surface area contributed by atoms with E-state index in [4.69, 9.17) is 0 Å². The summed E-state index contributed by atoms with van der Waals surface area (Å²) in [5.74, 6) is -1.16. The topological polar surface area (TPSA) is 40.1 Å². The SMILES string of the molecule is CC=CC=CC(=O)[O-].[Ag+]. The van der Waals surface area contributed by atoms with Crippen molar-refractivity contribution in [2.24, 2.45) is 0 Å². The minimum atomic E-state index is -1.16. The molecule has 0 saturated heterocycles. The van der Waals surface area contributed by atoms with Gasteiger partial charge in [-0.2, -0.15) is 0 Å². The molecule has 0 rings (SSSR count). The Labute approximate surface area is 69.8 Å². The van der Waals surface area contributed by atoms with Gasteiger partial charge in [0.25, 0.3) is 0 Å². The Kier molecular flexibility index (Phi) is 9.81. The number of hydrogen-bond donors (Lipinski definition) is 0. The first-order valence-electron chi connectivity index (χ1n) is 2.27. The van der Waals surface area contributed by atoms with Crippen molar-refractivity contribution in [3.05, 3.63) is 24.3 Å². The van der Waals surface area contributed by atoms with E-state index in [1.54, 1.807) is 19.1 Å². The monoisotopic (exact) mass is 218 g/mol. The number of carbonyl (C=O) groups excluding carboxylic acids is 1. The zero-order valence-electron chi connectivity index (χ0n) is 4.93. The third-order valence-corrected chi connectivity index (χ3v) is 0.536. The molecule has 0 heterocycles. The van der Waals surface area contributed by atoms with Crippen LogP contribution in [0.1, 0.15) is 6.92 Å². The van der Waals surface area contributed by atoms with Gasteiger partial charge in [-0.05, 0) is 13.0 Å². The molecule has 0 unspecified atom stereocenters. The molecule has 0 saturated carbocycles. The summed E-state index contributed by atoms with van der Waals surface area (Å²) in [6.45, 7) is 1.81. The zero-order chi connectivity index (χ0) is 6.41. The average molecular weight is 219 g/mol. The predicted molar refractivity (Wildman–Crippen MR) is 29.0 cm³/mol. The molecule has 0 aromatic rings. The Balaban J connectivity index is 0. The van der Waals surface area contributed by atoms with Gasteiger partial charge in [-0.25, -0.2) is 0 Å². The van der Waals surface area contributed by atoms with Crippen LogP contribution in [0.15, 0.2) is 24.3 Å². The summed E-state index contributed by atoms with van der Waals surface area (Å²) >= 11 is 0. The smallest absolute Gasteiger partial charge is 0.545 e. The Morgan fingerprint density at radius 1 is 1.44 bits per heavy atom. The third kappa shape index (κ3) is 11.3. The Morgan fingerprint density at radius 2 is 2.00 bits per heavy atom. The van der Waals surface area contributed by atoms with Gasteiger partial charge in [-0.3, -0.25) is 0 Å². The molecule has 2 nitrogen and oxygen atoms in total. The summed E-state index contributed by atoms with van der Waals surface area (Å²) in [4.78, 5) is 9.64. The van der Waals surface area contributed by atoms with E-state index in [2.05, 4.69) is 0 Å². The van der Waals surface area contributed by atoms with Crippen molar-refractivity contribution >= 4 is 5.97 Å². The first-order chi connectivity index (χ1) is 3.77. The molecule has 0 aromatic carbocycles. The van der Waals surface area contributed by atoms with Gasteiger partial charge in [0.15, 0.2) is 0 Å². The van der Waals surface area contributed by atoms with E-state index in [0.717, 1.165) is 6.08 Å². The van der Waals surface area contributed by atoms with Crippen molar-refractivity contribution in [2.75, 3.05) is 0 Å². The van der Waals surface area contributed by atoms with Crippen LogP contribution < -0.4 is 5.11 Å². The van der Waals surface area contributed by atoms with Crippen LogP contribution in [0.2, 0.25) is 0 Å². The molecule has 0 aliphatic rings. The molecular formula is C6H7AgO2. The van der Waals surface area contributed by atoms with Crippen LogP contribution in [-0.4, -0.2) is 5.97 Å². The van der Waals surface area contributed by atoms with Crippen LogP contribution in [0.4, 0.5) is 0 Å². The third-order valence-electron chi connectivity index (χ3n) is 0.536. The molecule has 0 amide bonds. The Bertz CT molecular complexity index is 127. The van der Waals surface area contributed by atoms with Gasteiger partial charge in [0.1, 0.15) is 0 Å². The fourth-order valence-corrected chi connectivity index (χ4v) is 0.245. The molecule has 0 aromatic heterocycles. The second-order valence-electron chi connectivity index (χ2n) is 1.20. The minimum absolute atomic E-state index is 0. The fraction of sp³-hybridized carbons (Fsp3) is 0.167. The largest absolute Gasteiger partial charge is 1.00 e. The standard InChI is InChI=1S/C6H8O2.Ag/c1-2-3-4-5-6(7)8;/h2-5H,1H3,(H,7,8);/q;+1/p-1. The van der Waals surface area contributed by atoms with Crippen LogP contribution in [0.5, 0.6) is 0 Å². The second-order valence-corrected chi connectivity index (χ2v) is 1.20. The van der Waals surface area contributed by atoms with Crippen LogP contribution in [-0.2, 0) is 27.2 Å². The number of carbonyl (C=O) groups is 1. The van der Waals surface area contributed by atoms with E-state index >= 15 is 0 Å². The maximum atomic E-state index is 9.64. The van der Waals surface area contributed by atoms with Gasteiger partial charge >= 0.3 is 22.4 Å². The van der Waals surface area contributed by atoms with Crippen molar-refractivity contribution < 1.29 is 32.3 Å². The maximum Gasteiger partial charge on any atom is 1.00 e. The molecule has 54 valence electrons. The van der Waals surface area contributed by atoms with Crippen molar-refractivity contribution in [1.29, 1.82) is 0 Å². The summed E-state index contributed by atoms with van der Waals surface area (Å²) in [6, 6.07) is 0. The van der Waals surface area contributed by atoms with Crippen molar-refractivity contribution in [1.82, 2.24) is 0 Å². The summed E-state index contributed by atoms with van der Waals surface area (Å²) in [7, 11) is 0. The van der Waals surface area contributed by atoms with Crippen LogP contribution in [0, 0.1) is 0 Å². The number of rotatable bonds is 2. The first-order valence-corrected chi connectivity index (χ1v) is 2.27. The van der Waals surface area contributed by atoms with Crippen molar-refractivity contribution in [3.8, 4) is 0 Å². The molecule has 0 radical (unpaired) electrons. The van der Waals surface area contributed by atoms with Gasteiger partial charge in [0, 0.05) is 0 Å². The minimum Gasteiger partial charge on any atom is -0.545 e. The summed E-state index contributed by atoms with van der Waals surface area (Å²) in [5.41, 5.74) is 0. The molecular weight excluding hydrogens is 212 g/mol. The van der Waals surface area contributed by atoms with Crippen LogP contribution >= 0.6 is 0 Å². The summed E-state index contributed by atoms with van der Waals surface area (Å²) < 4.78 is 0. The van der Waals surface area contributed by atoms with E-state index in [0.29, 0.717) is 0 Å². The average Bonchev–Trinajstić information content (AvgIpc) is 1.66. The number of carboxylic acid groups (broad SMARTS) is 1. The normalized spacial score (nSPS) is 9.89. The molecule has 3 heteroatoms. The van der Waals surface area contributed by atoms with E-state index in [1.807, 2.05) is 0 Å². The maximum absolute atomic E-state index is 9.64. The first kappa shape index (κ1) is 11.5. The van der Waals surface area contributed by atoms with Crippen LogP contribution in [0.25, 0.3) is 0 Å². The fourth-order valence-electron chi connectivity index (χ4n) is 0.245. The van der Waals surface area contributed by atoms with E-state index in [1.165, 1.54) is 6.08 Å². The number of carboxylic acids is 1. The van der Waals surface area contributed by atoms with Crippen LogP contribution in [0.3, 0.4) is 0 Å². The molecule has 0 bridgehead atoms. The van der Waals surface area contributed by atoms with Gasteiger partial charge in [0.05, 0.1) is 5.97 Å². The molecule has 0 fully saturated rings. The summed E-state index contributed by atoms with van der Waals surface area (Å²) in [5, 5.41) is 9.64. The predicted octanol–water partition coefficient (Wildman–Crippen LogP) is -0.134.